The Labute approximate surface area is 158 Å². The molecule has 1 fully saturated rings. The molecule has 1 saturated heterocycles. The molecule has 0 atom stereocenters. The molecule has 0 aliphatic carbocycles. The molecule has 0 unspecified atom stereocenters. The van der Waals surface area contributed by atoms with Crippen molar-refractivity contribution in [2.24, 2.45) is 0 Å². The van der Waals surface area contributed by atoms with Gasteiger partial charge in [-0.1, -0.05) is 30.3 Å². The summed E-state index contributed by atoms with van der Waals surface area (Å²) < 4.78 is 28.8. The van der Waals surface area contributed by atoms with E-state index in [9.17, 15) is 4.79 Å². The molecule has 142 valence electrons. The van der Waals surface area contributed by atoms with Crippen molar-refractivity contribution in [3.8, 4) is 0 Å². The Hall–Kier alpha value is -2.38. The average Bonchev–Trinajstić information content (AvgIpc) is 3.15. The highest BCUT2D eigenvalue weighted by Crippen LogP contribution is 2.40. The minimum Gasteiger partial charge on any atom is -0.478 e. The van der Waals surface area contributed by atoms with Crippen molar-refractivity contribution in [2.75, 3.05) is 0 Å². The van der Waals surface area contributed by atoms with Gasteiger partial charge in [-0.25, -0.2) is 9.18 Å². The molecular formula is C20H23BFNO4. The number of carboxylic acids is 1. The third kappa shape index (κ3) is 3.84. The third-order valence-corrected chi connectivity index (χ3v) is 5.21. The first-order valence-electron chi connectivity index (χ1n) is 8.79. The van der Waals surface area contributed by atoms with Gasteiger partial charge < -0.3 is 19.0 Å². The molecule has 7 heteroatoms. The fourth-order valence-corrected chi connectivity index (χ4v) is 2.88. The quantitative estimate of drug-likeness (QED) is 0.801. The summed E-state index contributed by atoms with van der Waals surface area (Å²) in [6.45, 7) is 7.63. The molecule has 1 aromatic carbocycles. The number of aromatic carboxylic acids is 1. The maximum absolute atomic E-state index is 15.5. The van der Waals surface area contributed by atoms with Crippen molar-refractivity contribution in [1.82, 2.24) is 4.57 Å². The van der Waals surface area contributed by atoms with E-state index in [0.29, 0.717) is 11.1 Å². The van der Waals surface area contributed by atoms with E-state index in [1.54, 1.807) is 10.8 Å². The van der Waals surface area contributed by atoms with Gasteiger partial charge in [0.15, 0.2) is 0 Å². The van der Waals surface area contributed by atoms with E-state index in [1.807, 2.05) is 58.0 Å². The Morgan fingerprint density at radius 3 is 2.19 bits per heavy atom. The number of carbonyl (C=O) groups is 1. The van der Waals surface area contributed by atoms with Crippen LogP contribution in [0.4, 0.5) is 4.39 Å². The normalized spacial score (nSPS) is 19.1. The van der Waals surface area contributed by atoms with Gasteiger partial charge in [0.2, 0.25) is 0 Å². The van der Waals surface area contributed by atoms with Crippen molar-refractivity contribution in [3.05, 3.63) is 65.6 Å². The molecule has 27 heavy (non-hydrogen) atoms. The summed E-state index contributed by atoms with van der Waals surface area (Å²) in [6.07, 6.45) is 3.09. The van der Waals surface area contributed by atoms with Crippen molar-refractivity contribution >= 4 is 18.7 Å². The summed E-state index contributed by atoms with van der Waals surface area (Å²) in [5.41, 5.74) is -0.581. The second-order valence-corrected chi connectivity index (χ2v) is 7.66. The van der Waals surface area contributed by atoms with Crippen molar-refractivity contribution in [2.45, 2.75) is 45.4 Å². The zero-order valence-electron chi connectivity index (χ0n) is 15.9. The van der Waals surface area contributed by atoms with Crippen LogP contribution in [0.25, 0.3) is 5.57 Å². The van der Waals surface area contributed by atoms with Crippen LogP contribution in [0.15, 0.2) is 54.5 Å². The van der Waals surface area contributed by atoms with Crippen molar-refractivity contribution < 1.29 is 23.6 Å². The molecule has 1 aromatic heterocycles. The van der Waals surface area contributed by atoms with Gasteiger partial charge in [0, 0.05) is 24.5 Å². The third-order valence-electron chi connectivity index (χ3n) is 5.21. The van der Waals surface area contributed by atoms with Crippen LogP contribution < -0.4 is 0 Å². The fourth-order valence-electron chi connectivity index (χ4n) is 2.88. The van der Waals surface area contributed by atoms with E-state index >= 15 is 4.39 Å². The smallest absolute Gasteiger partial charge is 0.478 e. The van der Waals surface area contributed by atoms with Crippen LogP contribution in [0, 0.1) is 0 Å². The second kappa shape index (κ2) is 6.98. The van der Waals surface area contributed by atoms with Gasteiger partial charge in [0.25, 0.3) is 0 Å². The predicted octanol–water partition coefficient (Wildman–Crippen LogP) is 4.20. The molecule has 5 nitrogen and oxygen atoms in total. The summed E-state index contributed by atoms with van der Waals surface area (Å²) in [5, 5.41) is 9.11. The molecule has 0 radical (unpaired) electrons. The number of benzene rings is 1. The molecule has 2 aromatic rings. The van der Waals surface area contributed by atoms with E-state index in [1.165, 1.54) is 12.3 Å². The summed E-state index contributed by atoms with van der Waals surface area (Å²) in [5.74, 6) is -1.02. The van der Waals surface area contributed by atoms with Gasteiger partial charge in [-0.05, 0) is 39.3 Å². The summed E-state index contributed by atoms with van der Waals surface area (Å²) in [7, 11) is -1.11. The molecule has 0 amide bonds. The largest absolute Gasteiger partial charge is 0.525 e. The Bertz CT molecular complexity index is 857. The lowest BCUT2D eigenvalue weighted by Gasteiger charge is -2.32. The molecule has 2 heterocycles. The van der Waals surface area contributed by atoms with Gasteiger partial charge in [-0.2, -0.15) is 0 Å². The molecule has 1 aliphatic rings. The minimum atomic E-state index is -1.11. The number of hydrogen-bond acceptors (Lipinski definition) is 3. The Morgan fingerprint density at radius 2 is 1.67 bits per heavy atom. The number of nitrogens with zero attached hydrogens (tertiary/aromatic N) is 1. The van der Waals surface area contributed by atoms with E-state index in [2.05, 4.69) is 0 Å². The first-order valence-corrected chi connectivity index (χ1v) is 8.79. The minimum absolute atomic E-state index is 0.151. The van der Waals surface area contributed by atoms with E-state index in [0.717, 1.165) is 0 Å². The molecule has 3 rings (SSSR count). The number of hydrogen-bond donors (Lipinski definition) is 1. The molecule has 0 spiro atoms. The van der Waals surface area contributed by atoms with Gasteiger partial charge >= 0.3 is 13.1 Å². The van der Waals surface area contributed by atoms with Crippen LogP contribution in [-0.2, 0) is 15.9 Å². The van der Waals surface area contributed by atoms with Gasteiger partial charge in [0.1, 0.15) is 5.73 Å². The second-order valence-electron chi connectivity index (χ2n) is 7.66. The highest BCUT2D eigenvalue weighted by atomic mass is 19.1. The highest BCUT2D eigenvalue weighted by Gasteiger charge is 2.53. The monoisotopic (exact) mass is 371 g/mol. The standard InChI is InChI=1S/C20H23BFNO4/c1-19(2)20(3,4)27-21(26-19)17(22)16(14-8-6-5-7-9-14)13-23-11-10-15(12-23)18(24)25/h5-12H,13H2,1-4H3,(H,24,25). The number of carboxylic acid groups (broad SMARTS) is 1. The highest BCUT2D eigenvalue weighted by molar-refractivity contribution is 6.55. The van der Waals surface area contributed by atoms with Crippen LogP contribution >= 0.6 is 0 Å². The van der Waals surface area contributed by atoms with Crippen molar-refractivity contribution in [1.29, 1.82) is 0 Å². The lowest BCUT2D eigenvalue weighted by atomic mass is 9.82. The van der Waals surface area contributed by atoms with E-state index in [-0.39, 0.29) is 12.1 Å². The maximum Gasteiger partial charge on any atom is 0.525 e. The number of rotatable bonds is 5. The first-order chi connectivity index (χ1) is 12.6. The fraction of sp³-hybridized carbons (Fsp3) is 0.350. The summed E-state index contributed by atoms with van der Waals surface area (Å²) >= 11 is 0. The zero-order chi connectivity index (χ0) is 19.8. The topological polar surface area (TPSA) is 60.7 Å². The molecule has 0 saturated carbocycles. The summed E-state index contributed by atoms with van der Waals surface area (Å²) in [6, 6.07) is 10.6. The molecular weight excluding hydrogens is 348 g/mol. The van der Waals surface area contributed by atoms with Crippen LogP contribution in [0.3, 0.4) is 0 Å². The summed E-state index contributed by atoms with van der Waals surface area (Å²) in [4.78, 5) is 11.1. The lowest BCUT2D eigenvalue weighted by Crippen LogP contribution is -2.41. The number of allylic oxidation sites excluding steroid dienone is 1. The lowest BCUT2D eigenvalue weighted by molar-refractivity contribution is 0.00578. The van der Waals surface area contributed by atoms with Gasteiger partial charge in [-0.15, -0.1) is 0 Å². The average molecular weight is 371 g/mol. The number of halogens is 1. The van der Waals surface area contributed by atoms with Gasteiger partial charge in [-0.3, -0.25) is 0 Å². The van der Waals surface area contributed by atoms with Crippen LogP contribution in [0.1, 0.15) is 43.6 Å². The molecule has 1 aliphatic heterocycles. The molecule has 1 N–H and O–H groups in total. The van der Waals surface area contributed by atoms with E-state index < -0.39 is 30.0 Å². The van der Waals surface area contributed by atoms with Crippen molar-refractivity contribution in [3.63, 3.8) is 0 Å². The van der Waals surface area contributed by atoms with Crippen LogP contribution in [0.5, 0.6) is 0 Å². The van der Waals surface area contributed by atoms with E-state index in [4.69, 9.17) is 14.4 Å². The SMILES string of the molecule is CC1(C)OB(C(F)=C(Cn2ccc(C(=O)O)c2)c2ccccc2)OC1(C)C. The Morgan fingerprint density at radius 1 is 1.07 bits per heavy atom. The Balaban J connectivity index is 1.99. The Kier molecular flexibility index (Phi) is 5.01. The number of aromatic nitrogens is 1. The zero-order valence-corrected chi connectivity index (χ0v) is 15.9. The van der Waals surface area contributed by atoms with Crippen LogP contribution in [0.2, 0.25) is 0 Å². The maximum atomic E-state index is 15.5. The predicted molar refractivity (Wildman–Crippen MR) is 102 cm³/mol. The first kappa shape index (κ1) is 19.4. The molecule has 0 bridgehead atoms. The van der Waals surface area contributed by atoms with Gasteiger partial charge in [0.05, 0.1) is 16.8 Å². The van der Waals surface area contributed by atoms with Crippen LogP contribution in [-0.4, -0.2) is 34.0 Å².